The average molecular weight is 423 g/mol. The smallest absolute Gasteiger partial charge is 0.241 e. The van der Waals surface area contributed by atoms with E-state index in [4.69, 9.17) is 4.52 Å². The van der Waals surface area contributed by atoms with Crippen molar-refractivity contribution in [2.24, 2.45) is 0 Å². The van der Waals surface area contributed by atoms with E-state index in [1.165, 1.54) is 12.1 Å². The zero-order valence-electron chi connectivity index (χ0n) is 18.1. The summed E-state index contributed by atoms with van der Waals surface area (Å²) in [4.78, 5) is 19.6. The Balaban J connectivity index is 1.44. The number of nitrogens with zero attached hydrogens (tertiary/aromatic N) is 3. The first-order valence-corrected chi connectivity index (χ1v) is 10.6. The molecule has 1 aliphatic heterocycles. The SMILES string of the molecule is Cc1cccc(C)c1NC(=O)C(C)N1CCCC(c2nc(-c3cccc(F)c3)no2)C1. The monoisotopic (exact) mass is 422 g/mol. The van der Waals surface area contributed by atoms with Gasteiger partial charge in [-0.25, -0.2) is 4.39 Å². The Morgan fingerprint density at radius 2 is 1.97 bits per heavy atom. The molecule has 0 spiro atoms. The number of carbonyl (C=O) groups excluding carboxylic acids is 1. The van der Waals surface area contributed by atoms with Gasteiger partial charge in [-0.15, -0.1) is 0 Å². The van der Waals surface area contributed by atoms with Crippen molar-refractivity contribution in [1.82, 2.24) is 15.0 Å². The maximum atomic E-state index is 13.5. The number of halogens is 1. The summed E-state index contributed by atoms with van der Waals surface area (Å²) in [5.74, 6) is 0.596. The summed E-state index contributed by atoms with van der Waals surface area (Å²) >= 11 is 0. The number of nitrogens with one attached hydrogen (secondary N) is 1. The third kappa shape index (κ3) is 4.66. The molecule has 1 N–H and O–H groups in total. The second-order valence-electron chi connectivity index (χ2n) is 8.23. The molecule has 2 heterocycles. The first-order valence-electron chi connectivity index (χ1n) is 10.6. The van der Waals surface area contributed by atoms with E-state index in [1.807, 2.05) is 39.0 Å². The van der Waals surface area contributed by atoms with Crippen molar-refractivity contribution < 1.29 is 13.7 Å². The second kappa shape index (κ2) is 8.98. The van der Waals surface area contributed by atoms with Crippen molar-refractivity contribution in [3.05, 3.63) is 65.3 Å². The summed E-state index contributed by atoms with van der Waals surface area (Å²) in [6.07, 6.45) is 1.84. The lowest BCUT2D eigenvalue weighted by Crippen LogP contribution is -2.46. The predicted molar refractivity (Wildman–Crippen MR) is 117 cm³/mol. The standard InChI is InChI=1S/C24H27FN4O2/c1-15-7-4-8-16(2)21(15)26-23(30)17(3)29-12-6-10-19(14-29)24-27-22(28-31-24)18-9-5-11-20(25)13-18/h4-5,7-9,11,13,17,19H,6,10,12,14H2,1-3H3,(H,26,30). The Kier molecular flexibility index (Phi) is 6.13. The van der Waals surface area contributed by atoms with Crippen LogP contribution < -0.4 is 5.32 Å². The van der Waals surface area contributed by atoms with Gasteiger partial charge in [-0.05, 0) is 63.4 Å². The first-order chi connectivity index (χ1) is 14.9. The van der Waals surface area contributed by atoms with Gasteiger partial charge < -0.3 is 9.84 Å². The number of piperidine rings is 1. The number of para-hydroxylation sites is 1. The van der Waals surface area contributed by atoms with Gasteiger partial charge in [0.2, 0.25) is 17.6 Å². The molecule has 162 valence electrons. The third-order valence-corrected chi connectivity index (χ3v) is 5.98. The van der Waals surface area contributed by atoms with E-state index in [0.717, 1.165) is 36.2 Å². The van der Waals surface area contributed by atoms with Crippen LogP contribution in [0, 0.1) is 19.7 Å². The summed E-state index contributed by atoms with van der Waals surface area (Å²) in [7, 11) is 0. The van der Waals surface area contributed by atoms with Crippen LogP contribution in [0.25, 0.3) is 11.4 Å². The number of benzene rings is 2. The third-order valence-electron chi connectivity index (χ3n) is 5.98. The van der Waals surface area contributed by atoms with Crippen LogP contribution in [0.5, 0.6) is 0 Å². The van der Waals surface area contributed by atoms with Crippen molar-refractivity contribution in [3.63, 3.8) is 0 Å². The van der Waals surface area contributed by atoms with Gasteiger partial charge in [-0.2, -0.15) is 4.98 Å². The Morgan fingerprint density at radius 3 is 2.71 bits per heavy atom. The number of hydrogen-bond acceptors (Lipinski definition) is 5. The van der Waals surface area contributed by atoms with Crippen molar-refractivity contribution in [2.75, 3.05) is 18.4 Å². The molecule has 1 fully saturated rings. The van der Waals surface area contributed by atoms with Crippen molar-refractivity contribution >= 4 is 11.6 Å². The molecule has 3 aromatic rings. The van der Waals surface area contributed by atoms with E-state index in [2.05, 4.69) is 20.4 Å². The first kappa shape index (κ1) is 21.2. The lowest BCUT2D eigenvalue weighted by molar-refractivity contribution is -0.121. The number of anilines is 1. The number of hydrogen-bond donors (Lipinski definition) is 1. The van der Waals surface area contributed by atoms with Gasteiger partial charge in [0.25, 0.3) is 0 Å². The molecule has 0 aliphatic carbocycles. The number of rotatable bonds is 5. The lowest BCUT2D eigenvalue weighted by atomic mass is 9.96. The van der Waals surface area contributed by atoms with Crippen molar-refractivity contribution in [2.45, 2.75) is 45.6 Å². The minimum absolute atomic E-state index is 0.0240. The fourth-order valence-corrected chi connectivity index (χ4v) is 4.11. The Hall–Kier alpha value is -3.06. The fraction of sp³-hybridized carbons (Fsp3) is 0.375. The van der Waals surface area contributed by atoms with E-state index in [-0.39, 0.29) is 23.7 Å². The minimum Gasteiger partial charge on any atom is -0.339 e. The van der Waals surface area contributed by atoms with Gasteiger partial charge >= 0.3 is 0 Å². The summed E-state index contributed by atoms with van der Waals surface area (Å²) < 4.78 is 19.0. The highest BCUT2D eigenvalue weighted by Crippen LogP contribution is 2.29. The molecule has 1 aromatic heterocycles. The number of aryl methyl sites for hydroxylation is 2. The quantitative estimate of drug-likeness (QED) is 0.645. The minimum atomic E-state index is -0.337. The van der Waals surface area contributed by atoms with Gasteiger partial charge in [-0.1, -0.05) is 35.5 Å². The van der Waals surface area contributed by atoms with Crippen LogP contribution in [0.15, 0.2) is 47.0 Å². The molecule has 31 heavy (non-hydrogen) atoms. The molecule has 1 saturated heterocycles. The number of carbonyl (C=O) groups is 1. The molecular weight excluding hydrogens is 395 g/mol. The van der Waals surface area contributed by atoms with Crippen molar-refractivity contribution in [1.29, 1.82) is 0 Å². The van der Waals surface area contributed by atoms with Crippen LogP contribution >= 0.6 is 0 Å². The second-order valence-corrected chi connectivity index (χ2v) is 8.23. The average Bonchev–Trinajstić information content (AvgIpc) is 3.26. The Labute approximate surface area is 181 Å². The zero-order valence-corrected chi connectivity index (χ0v) is 18.1. The molecule has 4 rings (SSSR count). The van der Waals surface area contributed by atoms with Gasteiger partial charge in [0.1, 0.15) is 5.82 Å². The number of likely N-dealkylation sites (tertiary alicyclic amines) is 1. The number of amides is 1. The van der Waals surface area contributed by atoms with Gasteiger partial charge in [0, 0.05) is 17.8 Å². The normalized spacial score (nSPS) is 18.0. The molecule has 7 heteroatoms. The molecule has 1 aliphatic rings. The summed E-state index contributed by atoms with van der Waals surface area (Å²) in [5, 5.41) is 7.13. The molecule has 0 bridgehead atoms. The molecule has 2 unspecified atom stereocenters. The Bertz CT molecular complexity index is 1060. The Morgan fingerprint density at radius 1 is 1.23 bits per heavy atom. The lowest BCUT2D eigenvalue weighted by Gasteiger charge is -2.34. The van der Waals surface area contributed by atoms with Crippen LogP contribution in [-0.2, 0) is 4.79 Å². The van der Waals surface area contributed by atoms with E-state index in [1.54, 1.807) is 12.1 Å². The molecule has 6 nitrogen and oxygen atoms in total. The molecule has 2 aromatic carbocycles. The van der Waals surface area contributed by atoms with Gasteiger partial charge in [0.15, 0.2) is 0 Å². The van der Waals surface area contributed by atoms with Crippen LogP contribution in [0.4, 0.5) is 10.1 Å². The maximum absolute atomic E-state index is 13.5. The molecule has 0 radical (unpaired) electrons. The van der Waals surface area contributed by atoms with Crippen LogP contribution in [0.1, 0.15) is 42.7 Å². The van der Waals surface area contributed by atoms with Crippen molar-refractivity contribution in [3.8, 4) is 11.4 Å². The summed E-state index contributed by atoms with van der Waals surface area (Å²) in [6.45, 7) is 7.41. The van der Waals surface area contributed by atoms with Crippen LogP contribution in [-0.4, -0.2) is 40.1 Å². The maximum Gasteiger partial charge on any atom is 0.241 e. The van der Waals surface area contributed by atoms with Crippen LogP contribution in [0.2, 0.25) is 0 Å². The van der Waals surface area contributed by atoms with E-state index in [9.17, 15) is 9.18 Å². The van der Waals surface area contributed by atoms with Gasteiger partial charge in [-0.3, -0.25) is 9.69 Å². The highest BCUT2D eigenvalue weighted by Gasteiger charge is 2.31. The predicted octanol–water partition coefficient (Wildman–Crippen LogP) is 4.70. The molecule has 1 amide bonds. The highest BCUT2D eigenvalue weighted by atomic mass is 19.1. The fourth-order valence-electron chi connectivity index (χ4n) is 4.11. The molecular formula is C24H27FN4O2. The molecule has 2 atom stereocenters. The van der Waals surface area contributed by atoms with E-state index >= 15 is 0 Å². The largest absolute Gasteiger partial charge is 0.339 e. The van der Waals surface area contributed by atoms with E-state index < -0.39 is 0 Å². The van der Waals surface area contributed by atoms with E-state index in [0.29, 0.717) is 23.8 Å². The summed E-state index contributed by atoms with van der Waals surface area (Å²) in [5.41, 5.74) is 3.56. The van der Waals surface area contributed by atoms with Crippen LogP contribution in [0.3, 0.4) is 0 Å². The number of aromatic nitrogens is 2. The zero-order chi connectivity index (χ0) is 22.0. The highest BCUT2D eigenvalue weighted by molar-refractivity contribution is 5.95. The summed E-state index contributed by atoms with van der Waals surface area (Å²) in [6, 6.07) is 11.8. The topological polar surface area (TPSA) is 71.3 Å². The van der Waals surface area contributed by atoms with Gasteiger partial charge in [0.05, 0.1) is 12.0 Å². The molecule has 0 saturated carbocycles.